The molecule has 0 unspecified atom stereocenters. The van der Waals surface area contributed by atoms with E-state index in [-0.39, 0.29) is 45.6 Å². The van der Waals surface area contributed by atoms with E-state index in [0.29, 0.717) is 6.61 Å². The van der Waals surface area contributed by atoms with Gasteiger partial charge in [0.25, 0.3) is 0 Å². The van der Waals surface area contributed by atoms with E-state index < -0.39 is 0 Å². The van der Waals surface area contributed by atoms with E-state index in [1.165, 1.54) is 5.56 Å². The summed E-state index contributed by atoms with van der Waals surface area (Å²) in [4.78, 5) is 0. The van der Waals surface area contributed by atoms with Gasteiger partial charge in [-0.3, -0.25) is 0 Å². The van der Waals surface area contributed by atoms with Gasteiger partial charge in [-0.15, -0.1) is 5.56 Å². The molecule has 0 saturated heterocycles. The predicted octanol–water partition coefficient (Wildman–Crippen LogP) is -0.575. The molecule has 0 heterocycles. The maximum Gasteiger partial charge on any atom is 2.00 e. The van der Waals surface area contributed by atoms with Crippen LogP contribution in [0.25, 0.3) is 0 Å². The fourth-order valence-electron chi connectivity index (χ4n) is 0.817. The monoisotopic (exact) mass is 266 g/mol. The van der Waals surface area contributed by atoms with E-state index in [1.54, 1.807) is 0 Å². The molecule has 0 spiro atoms. The van der Waals surface area contributed by atoms with Crippen LogP contribution in [0.5, 0.6) is 0 Å². The SMILES string of the molecule is CC(C)(C)OCc1cc[c-]cc1.[Br-].[Mg+2]. The van der Waals surface area contributed by atoms with E-state index in [0.717, 1.165) is 0 Å². The van der Waals surface area contributed by atoms with Gasteiger partial charge in [0.1, 0.15) is 0 Å². The smallest absolute Gasteiger partial charge is 1.00 e. The van der Waals surface area contributed by atoms with E-state index in [1.807, 2.05) is 24.3 Å². The third-order valence-corrected chi connectivity index (χ3v) is 1.46. The summed E-state index contributed by atoms with van der Waals surface area (Å²) in [6, 6.07) is 10.8. The first-order valence-electron chi connectivity index (χ1n) is 4.17. The number of hydrogen-bond acceptors (Lipinski definition) is 1. The van der Waals surface area contributed by atoms with E-state index in [2.05, 4.69) is 26.8 Å². The minimum Gasteiger partial charge on any atom is -1.00 e. The number of halogens is 1. The molecule has 0 fully saturated rings. The molecule has 1 nitrogen and oxygen atoms in total. The van der Waals surface area contributed by atoms with Crippen LogP contribution in [-0.2, 0) is 11.3 Å². The Kier molecular flexibility index (Phi) is 9.24. The van der Waals surface area contributed by atoms with Crippen LogP contribution < -0.4 is 17.0 Å². The van der Waals surface area contributed by atoms with Crippen molar-refractivity contribution in [2.45, 2.75) is 33.0 Å². The summed E-state index contributed by atoms with van der Waals surface area (Å²) in [5.41, 5.74) is 1.14. The summed E-state index contributed by atoms with van der Waals surface area (Å²) in [6.45, 7) is 6.85. The Balaban J connectivity index is 0. The third-order valence-electron chi connectivity index (χ3n) is 1.46. The summed E-state index contributed by atoms with van der Waals surface area (Å²) >= 11 is 0. The molecular weight excluding hydrogens is 252 g/mol. The zero-order valence-corrected chi connectivity index (χ0v) is 12.0. The van der Waals surface area contributed by atoms with Crippen LogP contribution in [0.4, 0.5) is 0 Å². The first kappa shape index (κ1) is 16.8. The minimum atomic E-state index is -0.0560. The van der Waals surface area contributed by atoms with Gasteiger partial charge in [0.05, 0.1) is 12.2 Å². The molecule has 0 aliphatic rings. The zero-order valence-electron chi connectivity index (χ0n) is 9.01. The molecule has 0 saturated carbocycles. The Labute approximate surface area is 113 Å². The first-order valence-corrected chi connectivity index (χ1v) is 4.17. The first-order chi connectivity index (χ1) is 5.58. The maximum atomic E-state index is 5.60. The second-order valence-electron chi connectivity index (χ2n) is 3.81. The quantitative estimate of drug-likeness (QED) is 0.515. The molecule has 14 heavy (non-hydrogen) atoms. The number of hydrogen-bond donors (Lipinski definition) is 0. The van der Waals surface area contributed by atoms with Crippen molar-refractivity contribution < 1.29 is 21.7 Å². The van der Waals surface area contributed by atoms with Crippen LogP contribution in [0.15, 0.2) is 24.3 Å². The Morgan fingerprint density at radius 2 is 1.71 bits per heavy atom. The second kappa shape index (κ2) is 7.68. The van der Waals surface area contributed by atoms with Crippen LogP contribution in [0.3, 0.4) is 0 Å². The predicted molar refractivity (Wildman–Crippen MR) is 55.6 cm³/mol. The molecular formula is C11H15BrMgO. The van der Waals surface area contributed by atoms with Gasteiger partial charge in [0.2, 0.25) is 0 Å². The van der Waals surface area contributed by atoms with Crippen molar-refractivity contribution in [1.29, 1.82) is 0 Å². The van der Waals surface area contributed by atoms with Crippen LogP contribution in [-0.4, -0.2) is 28.7 Å². The van der Waals surface area contributed by atoms with Gasteiger partial charge in [-0.2, -0.15) is 30.3 Å². The van der Waals surface area contributed by atoms with Crippen molar-refractivity contribution in [3.8, 4) is 0 Å². The Hall–Kier alpha value is 0.426. The van der Waals surface area contributed by atoms with Gasteiger partial charge in [-0.25, -0.2) is 0 Å². The second-order valence-corrected chi connectivity index (χ2v) is 3.81. The van der Waals surface area contributed by atoms with Gasteiger partial charge < -0.3 is 21.7 Å². The molecule has 0 radical (unpaired) electrons. The standard InChI is InChI=1S/C11H15O.BrH.Mg/c1-11(2,3)12-9-10-7-5-4-6-8-10;;/h5-8H,9H2,1-3H3;1H;/q-1;;+2/p-1. The van der Waals surface area contributed by atoms with Crippen LogP contribution in [0.2, 0.25) is 0 Å². The molecule has 0 amide bonds. The van der Waals surface area contributed by atoms with Gasteiger partial charge in [0.15, 0.2) is 0 Å². The molecule has 0 aromatic heterocycles. The van der Waals surface area contributed by atoms with Crippen molar-refractivity contribution in [3.05, 3.63) is 35.9 Å². The summed E-state index contributed by atoms with van der Waals surface area (Å²) in [5, 5.41) is 0. The molecule has 0 atom stereocenters. The molecule has 1 aromatic carbocycles. The average molecular weight is 267 g/mol. The Morgan fingerprint density at radius 1 is 1.21 bits per heavy atom. The molecule has 1 rings (SSSR count). The van der Waals surface area contributed by atoms with Crippen LogP contribution in [0.1, 0.15) is 26.3 Å². The van der Waals surface area contributed by atoms with E-state index >= 15 is 0 Å². The topological polar surface area (TPSA) is 9.23 Å². The molecule has 0 aliphatic carbocycles. The molecule has 0 bridgehead atoms. The van der Waals surface area contributed by atoms with Crippen molar-refractivity contribution in [3.63, 3.8) is 0 Å². The Morgan fingerprint density at radius 3 is 2.14 bits per heavy atom. The van der Waals surface area contributed by atoms with E-state index in [9.17, 15) is 0 Å². The number of rotatable bonds is 2. The molecule has 3 heteroatoms. The fraction of sp³-hybridized carbons (Fsp3) is 0.455. The van der Waals surface area contributed by atoms with Crippen LogP contribution >= 0.6 is 0 Å². The molecule has 0 N–H and O–H groups in total. The summed E-state index contributed by atoms with van der Waals surface area (Å²) in [6.07, 6.45) is 0. The third kappa shape index (κ3) is 7.80. The molecule has 1 aromatic rings. The van der Waals surface area contributed by atoms with E-state index in [4.69, 9.17) is 4.74 Å². The normalized spacial score (nSPS) is 9.93. The van der Waals surface area contributed by atoms with Crippen LogP contribution in [0, 0.1) is 6.07 Å². The number of ether oxygens (including phenoxy) is 1. The minimum absolute atomic E-state index is 0. The van der Waals surface area contributed by atoms with Crippen molar-refractivity contribution in [1.82, 2.24) is 0 Å². The largest absolute Gasteiger partial charge is 2.00 e. The van der Waals surface area contributed by atoms with Gasteiger partial charge in [0, 0.05) is 0 Å². The van der Waals surface area contributed by atoms with Crippen molar-refractivity contribution in [2.75, 3.05) is 0 Å². The van der Waals surface area contributed by atoms with Gasteiger partial charge >= 0.3 is 23.1 Å². The molecule has 0 aliphatic heterocycles. The average Bonchev–Trinajstić information content (AvgIpc) is 2.02. The molecule has 74 valence electrons. The summed E-state index contributed by atoms with van der Waals surface area (Å²) in [7, 11) is 0. The Bertz CT molecular complexity index is 231. The van der Waals surface area contributed by atoms with Crippen molar-refractivity contribution >= 4 is 23.1 Å². The van der Waals surface area contributed by atoms with Crippen molar-refractivity contribution in [2.24, 2.45) is 0 Å². The van der Waals surface area contributed by atoms with Gasteiger partial charge in [-0.1, -0.05) is 0 Å². The zero-order chi connectivity index (χ0) is 9.03. The summed E-state index contributed by atoms with van der Waals surface area (Å²) < 4.78 is 5.60. The number of benzene rings is 1. The van der Waals surface area contributed by atoms with Gasteiger partial charge in [-0.05, 0) is 20.8 Å². The fourth-order valence-corrected chi connectivity index (χ4v) is 0.817. The summed E-state index contributed by atoms with van der Waals surface area (Å²) in [5.74, 6) is 0. The maximum absolute atomic E-state index is 5.60.